The summed E-state index contributed by atoms with van der Waals surface area (Å²) in [6.45, 7) is 5.59. The van der Waals surface area contributed by atoms with Crippen LogP contribution in [0.1, 0.15) is 34.0 Å². The van der Waals surface area contributed by atoms with Crippen molar-refractivity contribution in [3.8, 4) is 0 Å². The fourth-order valence-corrected chi connectivity index (χ4v) is 4.09. The number of aliphatic imine (C=N–C) groups is 1. The van der Waals surface area contributed by atoms with Crippen molar-refractivity contribution in [3.05, 3.63) is 51.2 Å². The van der Waals surface area contributed by atoms with E-state index in [1.54, 1.807) is 30.5 Å². The number of aromatic nitrogens is 1. The van der Waals surface area contributed by atoms with E-state index in [-0.39, 0.29) is 35.2 Å². The van der Waals surface area contributed by atoms with Crippen LogP contribution < -0.4 is 10.6 Å². The van der Waals surface area contributed by atoms with E-state index >= 15 is 0 Å². The number of guanidine groups is 1. The minimum Gasteiger partial charge on any atom is -0.356 e. The van der Waals surface area contributed by atoms with E-state index in [1.165, 1.54) is 4.88 Å². The molecular formula is C19H26FIN4S. The minimum absolute atomic E-state index is 0. The first-order chi connectivity index (χ1) is 12.0. The van der Waals surface area contributed by atoms with Gasteiger partial charge in [-0.15, -0.1) is 35.3 Å². The summed E-state index contributed by atoms with van der Waals surface area (Å²) in [5.41, 5.74) is 1.84. The number of aryl methyl sites for hydroxylation is 2. The lowest BCUT2D eigenvalue weighted by atomic mass is 9.95. The fourth-order valence-electron chi connectivity index (χ4n) is 3.16. The van der Waals surface area contributed by atoms with Crippen molar-refractivity contribution in [2.45, 2.75) is 38.5 Å². The Morgan fingerprint density at radius 3 is 2.58 bits per heavy atom. The predicted molar refractivity (Wildman–Crippen MR) is 117 cm³/mol. The second kappa shape index (κ2) is 9.12. The van der Waals surface area contributed by atoms with Gasteiger partial charge in [0.05, 0.1) is 10.7 Å². The number of hydrogen-bond donors (Lipinski definition) is 2. The van der Waals surface area contributed by atoms with Crippen LogP contribution >= 0.6 is 35.3 Å². The van der Waals surface area contributed by atoms with Crippen molar-refractivity contribution in [2.75, 3.05) is 20.1 Å². The zero-order valence-corrected chi connectivity index (χ0v) is 18.6. The highest BCUT2D eigenvalue weighted by Gasteiger charge is 2.45. The molecule has 2 aromatic rings. The van der Waals surface area contributed by atoms with Gasteiger partial charge in [0, 0.05) is 36.9 Å². The van der Waals surface area contributed by atoms with Crippen LogP contribution in [0, 0.1) is 19.7 Å². The van der Waals surface area contributed by atoms with E-state index in [4.69, 9.17) is 0 Å². The van der Waals surface area contributed by atoms with Gasteiger partial charge in [-0.1, -0.05) is 18.2 Å². The molecule has 3 rings (SSSR count). The number of thiazole rings is 1. The summed E-state index contributed by atoms with van der Waals surface area (Å²) in [5, 5.41) is 7.82. The first-order valence-corrected chi connectivity index (χ1v) is 9.48. The van der Waals surface area contributed by atoms with Crippen LogP contribution in [-0.2, 0) is 11.8 Å². The lowest BCUT2D eigenvalue weighted by Crippen LogP contribution is -2.42. The summed E-state index contributed by atoms with van der Waals surface area (Å²) < 4.78 is 14.1. The van der Waals surface area contributed by atoms with Gasteiger partial charge in [0.2, 0.25) is 0 Å². The number of halogens is 2. The average Bonchev–Trinajstić information content (AvgIpc) is 3.31. The van der Waals surface area contributed by atoms with Gasteiger partial charge in [-0.3, -0.25) is 4.99 Å². The Labute approximate surface area is 175 Å². The van der Waals surface area contributed by atoms with Crippen molar-refractivity contribution in [2.24, 2.45) is 4.99 Å². The maximum atomic E-state index is 14.1. The zero-order valence-electron chi connectivity index (χ0n) is 15.4. The molecule has 0 spiro atoms. The van der Waals surface area contributed by atoms with Crippen LogP contribution in [0.3, 0.4) is 0 Å². The van der Waals surface area contributed by atoms with Gasteiger partial charge >= 0.3 is 0 Å². The molecule has 0 aliphatic heterocycles. The smallest absolute Gasteiger partial charge is 0.191 e. The van der Waals surface area contributed by atoms with E-state index in [1.807, 2.05) is 19.1 Å². The minimum atomic E-state index is -0.110. The molecule has 2 N–H and O–H groups in total. The molecule has 1 heterocycles. The van der Waals surface area contributed by atoms with Crippen LogP contribution in [0.5, 0.6) is 0 Å². The van der Waals surface area contributed by atoms with Crippen LogP contribution in [0.2, 0.25) is 0 Å². The number of benzene rings is 1. The highest BCUT2D eigenvalue weighted by atomic mass is 127. The lowest BCUT2D eigenvalue weighted by molar-refractivity contribution is 0.560. The Balaban J connectivity index is 0.00000243. The third-order valence-electron chi connectivity index (χ3n) is 4.76. The zero-order chi connectivity index (χ0) is 17.9. The largest absolute Gasteiger partial charge is 0.356 e. The topological polar surface area (TPSA) is 49.3 Å². The van der Waals surface area contributed by atoms with Crippen molar-refractivity contribution >= 4 is 41.3 Å². The molecule has 1 aromatic carbocycles. The molecule has 1 fully saturated rings. The van der Waals surface area contributed by atoms with Gasteiger partial charge in [-0.25, -0.2) is 9.37 Å². The molecule has 0 atom stereocenters. The highest BCUT2D eigenvalue weighted by molar-refractivity contribution is 14.0. The van der Waals surface area contributed by atoms with Crippen LogP contribution in [0.25, 0.3) is 0 Å². The second-order valence-corrected chi connectivity index (χ2v) is 7.89. The number of nitrogens with one attached hydrogen (secondary N) is 2. The molecule has 4 nitrogen and oxygen atoms in total. The molecule has 0 radical (unpaired) electrons. The van der Waals surface area contributed by atoms with Crippen LogP contribution in [0.15, 0.2) is 29.3 Å². The SMILES string of the molecule is CN=C(NCCc1sc(C)nc1C)NCC1(c2ccccc2F)CC1.I. The van der Waals surface area contributed by atoms with Gasteiger partial charge in [0.15, 0.2) is 5.96 Å². The molecule has 0 saturated heterocycles. The van der Waals surface area contributed by atoms with Gasteiger partial charge in [-0.2, -0.15) is 0 Å². The van der Waals surface area contributed by atoms with Gasteiger partial charge in [-0.05, 0) is 38.3 Å². The lowest BCUT2D eigenvalue weighted by Gasteiger charge is -2.19. The number of nitrogens with zero attached hydrogens (tertiary/aromatic N) is 2. The van der Waals surface area contributed by atoms with Gasteiger partial charge in [0.1, 0.15) is 5.82 Å². The van der Waals surface area contributed by atoms with Crippen molar-refractivity contribution in [3.63, 3.8) is 0 Å². The van der Waals surface area contributed by atoms with Gasteiger partial charge in [0.25, 0.3) is 0 Å². The predicted octanol–water partition coefficient (Wildman–Crippen LogP) is 3.96. The summed E-state index contributed by atoms with van der Waals surface area (Å²) >= 11 is 1.75. The Morgan fingerprint density at radius 1 is 1.27 bits per heavy atom. The molecule has 0 unspecified atom stereocenters. The highest BCUT2D eigenvalue weighted by Crippen LogP contribution is 2.48. The Morgan fingerprint density at radius 2 is 2.00 bits per heavy atom. The van der Waals surface area contributed by atoms with E-state index in [0.717, 1.165) is 48.0 Å². The van der Waals surface area contributed by atoms with Crippen LogP contribution in [0.4, 0.5) is 4.39 Å². The van der Waals surface area contributed by atoms with Gasteiger partial charge < -0.3 is 10.6 Å². The first-order valence-electron chi connectivity index (χ1n) is 8.66. The summed E-state index contributed by atoms with van der Waals surface area (Å²) in [7, 11) is 1.76. The molecule has 1 aromatic heterocycles. The standard InChI is InChI=1S/C19H25FN4S.HI/c1-13-17(25-14(2)24-13)8-11-22-18(21-3)23-12-19(9-10-19)15-6-4-5-7-16(15)20;/h4-7H,8-12H2,1-3H3,(H2,21,22,23);1H. The maximum absolute atomic E-state index is 14.1. The molecule has 0 bridgehead atoms. The quantitative estimate of drug-likeness (QED) is 0.368. The molecule has 26 heavy (non-hydrogen) atoms. The summed E-state index contributed by atoms with van der Waals surface area (Å²) in [5.74, 6) is 0.655. The third kappa shape index (κ3) is 4.94. The molecule has 142 valence electrons. The maximum Gasteiger partial charge on any atom is 0.191 e. The van der Waals surface area contributed by atoms with Crippen molar-refractivity contribution in [1.29, 1.82) is 0 Å². The molecule has 1 aliphatic rings. The van der Waals surface area contributed by atoms with Crippen LogP contribution in [-0.4, -0.2) is 31.1 Å². The van der Waals surface area contributed by atoms with Crippen molar-refractivity contribution in [1.82, 2.24) is 15.6 Å². The molecule has 0 amide bonds. The monoisotopic (exact) mass is 488 g/mol. The van der Waals surface area contributed by atoms with E-state index in [2.05, 4.69) is 27.5 Å². The Hall–Kier alpha value is -1.22. The van der Waals surface area contributed by atoms with E-state index in [9.17, 15) is 4.39 Å². The normalized spacial score (nSPS) is 15.3. The number of hydrogen-bond acceptors (Lipinski definition) is 3. The molecular weight excluding hydrogens is 462 g/mol. The van der Waals surface area contributed by atoms with E-state index in [0.29, 0.717) is 6.54 Å². The van der Waals surface area contributed by atoms with E-state index < -0.39 is 0 Å². The van der Waals surface area contributed by atoms with Crippen molar-refractivity contribution < 1.29 is 4.39 Å². The number of rotatable bonds is 6. The molecule has 1 aliphatic carbocycles. The molecule has 1 saturated carbocycles. The summed E-state index contributed by atoms with van der Waals surface area (Å²) in [4.78, 5) is 10.0. The molecule has 7 heteroatoms. The Kier molecular flexibility index (Phi) is 7.40. The summed E-state index contributed by atoms with van der Waals surface area (Å²) in [6.07, 6.45) is 2.95. The second-order valence-electron chi connectivity index (χ2n) is 6.60. The average molecular weight is 488 g/mol. The fraction of sp³-hybridized carbons (Fsp3) is 0.474. The third-order valence-corrected chi connectivity index (χ3v) is 5.89. The summed E-state index contributed by atoms with van der Waals surface area (Å²) in [6, 6.07) is 7.09. The Bertz CT molecular complexity index is 771. The first kappa shape index (κ1) is 21.1.